The Bertz CT molecular complexity index is 410. The monoisotopic (exact) mass is 282 g/mol. The highest BCUT2D eigenvalue weighted by Crippen LogP contribution is 2.44. The zero-order valence-corrected chi connectivity index (χ0v) is 10.5. The first kappa shape index (κ1) is 15.9. The van der Waals surface area contributed by atoms with E-state index in [1.54, 1.807) is 0 Å². The first-order chi connectivity index (χ1) is 8.61. The molecule has 1 rings (SSSR count). The lowest BCUT2D eigenvalue weighted by Gasteiger charge is -2.25. The minimum Gasteiger partial charge on any atom is -0.382 e. The number of hydrogen-bond donors (Lipinski definition) is 1. The highest BCUT2D eigenvalue weighted by atomic mass is 19.4. The summed E-state index contributed by atoms with van der Waals surface area (Å²) in [5, 5.41) is 9.20. The maximum atomic E-state index is 13.0. The van der Waals surface area contributed by atoms with Crippen molar-refractivity contribution in [3.8, 4) is 0 Å². The molecule has 0 saturated carbocycles. The number of benzene rings is 1. The molecule has 0 aromatic heterocycles. The van der Waals surface area contributed by atoms with Gasteiger partial charge in [-0.1, -0.05) is 38.1 Å². The van der Waals surface area contributed by atoms with E-state index in [-0.39, 0.29) is 5.92 Å². The van der Waals surface area contributed by atoms with Gasteiger partial charge in [-0.25, -0.2) is 0 Å². The van der Waals surface area contributed by atoms with Crippen molar-refractivity contribution in [1.29, 1.82) is 0 Å². The SMILES string of the molecule is CCC(C)c1ccc(C(O)C(F)(F)C(F)(F)F)cc1. The van der Waals surface area contributed by atoms with Crippen LogP contribution >= 0.6 is 0 Å². The van der Waals surface area contributed by atoms with Crippen molar-refractivity contribution in [3.63, 3.8) is 0 Å². The lowest BCUT2D eigenvalue weighted by atomic mass is 9.95. The Morgan fingerprint density at radius 1 is 1.00 bits per heavy atom. The molecule has 108 valence electrons. The highest BCUT2D eigenvalue weighted by Gasteiger charge is 2.62. The van der Waals surface area contributed by atoms with Gasteiger partial charge in [0.05, 0.1) is 0 Å². The van der Waals surface area contributed by atoms with E-state index in [1.807, 2.05) is 13.8 Å². The third-order valence-corrected chi connectivity index (χ3v) is 3.15. The molecular formula is C13H15F5O. The summed E-state index contributed by atoms with van der Waals surface area (Å²) in [6, 6.07) is 5.12. The molecule has 6 heteroatoms. The molecule has 0 bridgehead atoms. The summed E-state index contributed by atoms with van der Waals surface area (Å²) in [6.07, 6.45) is -7.85. The van der Waals surface area contributed by atoms with Crippen LogP contribution in [0.15, 0.2) is 24.3 Å². The highest BCUT2D eigenvalue weighted by molar-refractivity contribution is 5.27. The number of aliphatic hydroxyl groups excluding tert-OH is 1. The molecule has 0 aliphatic rings. The molecule has 0 amide bonds. The number of halogens is 5. The summed E-state index contributed by atoms with van der Waals surface area (Å²) < 4.78 is 62.3. The normalized spacial score (nSPS) is 16.2. The van der Waals surface area contributed by atoms with E-state index >= 15 is 0 Å². The molecule has 19 heavy (non-hydrogen) atoms. The molecule has 0 spiro atoms. The Morgan fingerprint density at radius 3 is 1.79 bits per heavy atom. The van der Waals surface area contributed by atoms with E-state index < -0.39 is 23.8 Å². The van der Waals surface area contributed by atoms with Gasteiger partial charge in [-0.2, -0.15) is 22.0 Å². The van der Waals surface area contributed by atoms with Gasteiger partial charge in [-0.3, -0.25) is 0 Å². The van der Waals surface area contributed by atoms with Crippen LogP contribution in [-0.4, -0.2) is 17.2 Å². The van der Waals surface area contributed by atoms with E-state index in [9.17, 15) is 27.1 Å². The van der Waals surface area contributed by atoms with Gasteiger partial charge >= 0.3 is 12.1 Å². The van der Waals surface area contributed by atoms with E-state index in [0.29, 0.717) is 0 Å². The van der Waals surface area contributed by atoms with Gasteiger partial charge < -0.3 is 5.11 Å². The Labute approximate surface area is 108 Å². The van der Waals surface area contributed by atoms with Crippen LogP contribution in [0.2, 0.25) is 0 Å². The van der Waals surface area contributed by atoms with Gasteiger partial charge in [0, 0.05) is 0 Å². The van der Waals surface area contributed by atoms with Crippen LogP contribution in [0.5, 0.6) is 0 Å². The first-order valence-electron chi connectivity index (χ1n) is 5.83. The van der Waals surface area contributed by atoms with Crippen LogP contribution in [0.3, 0.4) is 0 Å². The maximum absolute atomic E-state index is 13.0. The van der Waals surface area contributed by atoms with Crippen molar-refractivity contribution in [2.24, 2.45) is 0 Å². The Kier molecular flexibility index (Phi) is 4.55. The number of rotatable bonds is 4. The fourth-order valence-corrected chi connectivity index (χ4v) is 1.61. The molecule has 0 heterocycles. The first-order valence-corrected chi connectivity index (χ1v) is 5.83. The third-order valence-electron chi connectivity index (χ3n) is 3.15. The molecule has 0 fully saturated rings. The van der Waals surface area contributed by atoms with Crippen LogP contribution < -0.4 is 0 Å². The van der Waals surface area contributed by atoms with E-state index in [4.69, 9.17) is 0 Å². The zero-order valence-electron chi connectivity index (χ0n) is 10.5. The van der Waals surface area contributed by atoms with E-state index in [0.717, 1.165) is 24.1 Å². The van der Waals surface area contributed by atoms with Gasteiger partial charge in [0.2, 0.25) is 0 Å². The predicted octanol–water partition coefficient (Wildman–Crippen LogP) is 4.43. The van der Waals surface area contributed by atoms with Gasteiger partial charge in [-0.15, -0.1) is 0 Å². The van der Waals surface area contributed by atoms with Crippen LogP contribution in [-0.2, 0) is 0 Å². The standard InChI is InChI=1S/C13H15F5O/c1-3-8(2)9-4-6-10(7-5-9)11(19)12(14,15)13(16,17)18/h4-8,11,19H,3H2,1-2H3. The summed E-state index contributed by atoms with van der Waals surface area (Å²) in [4.78, 5) is 0. The van der Waals surface area contributed by atoms with Gasteiger partial charge in [0.25, 0.3) is 0 Å². The summed E-state index contributed by atoms with van der Waals surface area (Å²) in [6.45, 7) is 3.85. The molecule has 1 N–H and O–H groups in total. The summed E-state index contributed by atoms with van der Waals surface area (Å²) in [7, 11) is 0. The Hall–Kier alpha value is -1.17. The van der Waals surface area contributed by atoms with Crippen molar-refractivity contribution >= 4 is 0 Å². The number of hydrogen-bond acceptors (Lipinski definition) is 1. The second-order valence-corrected chi connectivity index (χ2v) is 4.50. The molecule has 1 aromatic carbocycles. The number of aliphatic hydroxyl groups is 1. The summed E-state index contributed by atoms with van der Waals surface area (Å²) in [5.41, 5.74) is 0.378. The molecule has 1 aromatic rings. The van der Waals surface area contributed by atoms with Gasteiger partial charge in [0.15, 0.2) is 6.10 Å². The van der Waals surface area contributed by atoms with Crippen LogP contribution in [0.1, 0.15) is 43.4 Å². The average molecular weight is 282 g/mol. The lowest BCUT2D eigenvalue weighted by Crippen LogP contribution is -2.42. The zero-order chi connectivity index (χ0) is 14.8. The van der Waals surface area contributed by atoms with E-state index in [1.165, 1.54) is 12.1 Å². The minimum absolute atomic E-state index is 0.175. The second-order valence-electron chi connectivity index (χ2n) is 4.50. The molecule has 0 aliphatic heterocycles. The molecule has 1 nitrogen and oxygen atoms in total. The van der Waals surface area contributed by atoms with E-state index in [2.05, 4.69) is 0 Å². The van der Waals surface area contributed by atoms with Crippen molar-refractivity contribution in [3.05, 3.63) is 35.4 Å². The van der Waals surface area contributed by atoms with Gasteiger partial charge in [-0.05, 0) is 23.5 Å². The van der Waals surface area contributed by atoms with Crippen LogP contribution in [0.25, 0.3) is 0 Å². The molecule has 2 atom stereocenters. The molecule has 2 unspecified atom stereocenters. The lowest BCUT2D eigenvalue weighted by molar-refractivity contribution is -0.315. The summed E-state index contributed by atoms with van der Waals surface area (Å²) >= 11 is 0. The van der Waals surface area contributed by atoms with Crippen molar-refractivity contribution in [2.75, 3.05) is 0 Å². The van der Waals surface area contributed by atoms with Gasteiger partial charge in [0.1, 0.15) is 0 Å². The van der Waals surface area contributed by atoms with Crippen molar-refractivity contribution in [1.82, 2.24) is 0 Å². The summed E-state index contributed by atoms with van der Waals surface area (Å²) in [5.74, 6) is -4.99. The fraction of sp³-hybridized carbons (Fsp3) is 0.538. The molecular weight excluding hydrogens is 267 g/mol. The molecule has 0 radical (unpaired) electrons. The molecule has 0 aliphatic carbocycles. The third kappa shape index (κ3) is 3.23. The van der Waals surface area contributed by atoms with Crippen molar-refractivity contribution in [2.45, 2.75) is 44.4 Å². The van der Waals surface area contributed by atoms with Crippen LogP contribution in [0, 0.1) is 0 Å². The fourth-order valence-electron chi connectivity index (χ4n) is 1.61. The predicted molar refractivity (Wildman–Crippen MR) is 61.1 cm³/mol. The quantitative estimate of drug-likeness (QED) is 0.810. The van der Waals surface area contributed by atoms with Crippen molar-refractivity contribution < 1.29 is 27.1 Å². The topological polar surface area (TPSA) is 20.2 Å². The second kappa shape index (κ2) is 5.45. The smallest absolute Gasteiger partial charge is 0.382 e. The maximum Gasteiger partial charge on any atom is 0.456 e. The average Bonchev–Trinajstić information content (AvgIpc) is 2.35. The Balaban J connectivity index is 2.99. The number of alkyl halides is 5. The Morgan fingerprint density at radius 2 is 1.42 bits per heavy atom. The van der Waals surface area contributed by atoms with Crippen LogP contribution in [0.4, 0.5) is 22.0 Å². The molecule has 0 saturated heterocycles. The largest absolute Gasteiger partial charge is 0.456 e. The minimum atomic E-state index is -5.78.